The molecule has 1 aliphatic heterocycles. The van der Waals surface area contributed by atoms with Crippen LogP contribution in [0.3, 0.4) is 0 Å². The number of pyridine rings is 1. The van der Waals surface area contributed by atoms with E-state index < -0.39 is 28.9 Å². The molecule has 4 aromatic rings. The molecule has 7 nitrogen and oxygen atoms in total. The van der Waals surface area contributed by atoms with E-state index in [0.29, 0.717) is 36.5 Å². The number of halogens is 3. The largest absolute Gasteiger partial charge is 0.354 e. The summed E-state index contributed by atoms with van der Waals surface area (Å²) in [7, 11) is 1.50. The lowest BCUT2D eigenvalue weighted by molar-refractivity contribution is 0.349. The van der Waals surface area contributed by atoms with Crippen LogP contribution in [0.2, 0.25) is 0 Å². The second kappa shape index (κ2) is 10.8. The van der Waals surface area contributed by atoms with Gasteiger partial charge in [-0.2, -0.15) is 4.98 Å². The Morgan fingerprint density at radius 1 is 1.16 bits per heavy atom. The highest BCUT2D eigenvalue weighted by Crippen LogP contribution is 2.32. The van der Waals surface area contributed by atoms with E-state index in [1.54, 1.807) is 4.31 Å². The topological polar surface area (TPSA) is 75.1 Å². The van der Waals surface area contributed by atoms with Gasteiger partial charge in [-0.25, -0.2) is 22.5 Å². The van der Waals surface area contributed by atoms with Crippen molar-refractivity contribution in [2.75, 3.05) is 29.7 Å². The van der Waals surface area contributed by atoms with Gasteiger partial charge in [0.25, 0.3) is 5.56 Å². The van der Waals surface area contributed by atoms with Crippen molar-refractivity contribution in [3.05, 3.63) is 82.3 Å². The SMILES string of the molecule is Cn1c(=O)c(-c2c(F)ccc(NSN3CC[C@@H](F)C3)c2F)cc2cnc(NCCc3ccccc3)nc21. The van der Waals surface area contributed by atoms with E-state index in [-0.39, 0.29) is 17.8 Å². The first-order chi connectivity index (χ1) is 17.9. The number of hydrogen-bond acceptors (Lipinski definition) is 7. The first-order valence-corrected chi connectivity index (χ1v) is 12.6. The Bertz CT molecular complexity index is 1480. The summed E-state index contributed by atoms with van der Waals surface area (Å²) in [5.41, 5.74) is 0.328. The highest BCUT2D eigenvalue weighted by molar-refractivity contribution is 7.98. The molecule has 2 aromatic carbocycles. The summed E-state index contributed by atoms with van der Waals surface area (Å²) >= 11 is 1.05. The molecule has 3 heterocycles. The van der Waals surface area contributed by atoms with Gasteiger partial charge in [-0.1, -0.05) is 30.3 Å². The van der Waals surface area contributed by atoms with Crippen LogP contribution < -0.4 is 15.6 Å². The maximum absolute atomic E-state index is 15.4. The Morgan fingerprint density at radius 2 is 1.97 bits per heavy atom. The average Bonchev–Trinajstić information content (AvgIpc) is 3.32. The summed E-state index contributed by atoms with van der Waals surface area (Å²) in [5.74, 6) is -1.42. The molecule has 0 aliphatic carbocycles. The number of fused-ring (bicyclic) bond motifs is 1. The molecular weight excluding hydrogens is 501 g/mol. The molecule has 0 spiro atoms. The number of nitrogens with one attached hydrogen (secondary N) is 2. The fraction of sp³-hybridized carbons (Fsp3) is 0.269. The zero-order chi connectivity index (χ0) is 25.9. The zero-order valence-electron chi connectivity index (χ0n) is 20.0. The Kier molecular flexibility index (Phi) is 7.33. The third-order valence-electron chi connectivity index (χ3n) is 6.23. The van der Waals surface area contributed by atoms with Crippen LogP contribution in [0.1, 0.15) is 12.0 Å². The van der Waals surface area contributed by atoms with E-state index >= 15 is 4.39 Å². The van der Waals surface area contributed by atoms with Crippen molar-refractivity contribution < 1.29 is 13.2 Å². The molecule has 5 rings (SSSR count). The predicted molar refractivity (Wildman–Crippen MR) is 141 cm³/mol. The fourth-order valence-electron chi connectivity index (χ4n) is 4.24. The van der Waals surface area contributed by atoms with Gasteiger partial charge in [0.05, 0.1) is 16.8 Å². The maximum Gasteiger partial charge on any atom is 0.260 e. The zero-order valence-corrected chi connectivity index (χ0v) is 20.9. The summed E-state index contributed by atoms with van der Waals surface area (Å²) in [5, 5.41) is 3.61. The monoisotopic (exact) mass is 526 g/mol. The second-order valence-corrected chi connectivity index (χ2v) is 9.71. The number of alkyl halides is 1. The molecule has 2 N–H and O–H groups in total. The van der Waals surface area contributed by atoms with Crippen LogP contribution in [0, 0.1) is 11.6 Å². The number of aromatic nitrogens is 3. The summed E-state index contributed by atoms with van der Waals surface area (Å²) in [6.07, 6.45) is 1.77. The molecule has 1 atom stereocenters. The third kappa shape index (κ3) is 5.42. The molecule has 0 saturated carbocycles. The van der Waals surface area contributed by atoms with Crippen LogP contribution in [0.15, 0.2) is 59.5 Å². The van der Waals surface area contributed by atoms with Gasteiger partial charge in [0.2, 0.25) is 5.95 Å². The van der Waals surface area contributed by atoms with E-state index in [1.165, 1.54) is 35.5 Å². The van der Waals surface area contributed by atoms with Gasteiger partial charge in [-0.3, -0.25) is 9.36 Å². The van der Waals surface area contributed by atoms with Crippen molar-refractivity contribution in [1.82, 2.24) is 18.8 Å². The molecule has 0 unspecified atom stereocenters. The minimum absolute atomic E-state index is 0.0000668. The minimum atomic E-state index is -0.926. The Morgan fingerprint density at radius 3 is 2.73 bits per heavy atom. The lowest BCUT2D eigenvalue weighted by Gasteiger charge is -2.16. The lowest BCUT2D eigenvalue weighted by Crippen LogP contribution is -2.21. The normalized spacial score (nSPS) is 15.8. The van der Waals surface area contributed by atoms with Gasteiger partial charge in [-0.05, 0) is 36.6 Å². The van der Waals surface area contributed by atoms with E-state index in [2.05, 4.69) is 20.0 Å². The van der Waals surface area contributed by atoms with Crippen LogP contribution in [0.5, 0.6) is 0 Å². The quantitative estimate of drug-likeness (QED) is 0.315. The number of hydrogen-bond donors (Lipinski definition) is 2. The van der Waals surface area contributed by atoms with E-state index in [1.807, 2.05) is 30.3 Å². The number of benzene rings is 2. The van der Waals surface area contributed by atoms with Crippen molar-refractivity contribution in [2.45, 2.75) is 19.0 Å². The highest BCUT2D eigenvalue weighted by Gasteiger charge is 2.24. The standard InChI is InChI=1S/C26H25F3N6OS/c1-34-24-17(14-31-26(32-24)30-11-9-16-5-3-2-4-6-16)13-19(25(34)36)22-20(28)7-8-21(23(22)29)33-37-35-12-10-18(27)15-35/h2-8,13-14,18,33H,9-12,15H2,1H3,(H,30,31,32)/t18-/m1/s1. The maximum atomic E-state index is 15.4. The number of aryl methyl sites for hydroxylation is 1. The Hall–Kier alpha value is -3.57. The number of nitrogens with zero attached hydrogens (tertiary/aromatic N) is 4. The fourth-order valence-corrected chi connectivity index (χ4v) is 5.05. The lowest BCUT2D eigenvalue weighted by atomic mass is 10.0. The summed E-state index contributed by atoms with van der Waals surface area (Å²) in [6, 6.07) is 13.7. The van der Waals surface area contributed by atoms with E-state index in [4.69, 9.17) is 0 Å². The molecule has 1 saturated heterocycles. The molecule has 0 amide bonds. The first kappa shape index (κ1) is 25.1. The smallest absolute Gasteiger partial charge is 0.260 e. The van der Waals surface area contributed by atoms with Crippen molar-refractivity contribution >= 4 is 34.8 Å². The number of anilines is 2. The molecule has 11 heteroatoms. The van der Waals surface area contributed by atoms with Crippen LogP contribution in [-0.2, 0) is 13.5 Å². The Balaban J connectivity index is 1.40. The molecule has 1 fully saturated rings. The van der Waals surface area contributed by atoms with Crippen LogP contribution in [0.25, 0.3) is 22.2 Å². The molecule has 192 valence electrons. The van der Waals surface area contributed by atoms with Crippen LogP contribution in [-0.4, -0.2) is 44.6 Å². The summed E-state index contributed by atoms with van der Waals surface area (Å²) in [6.45, 7) is 1.34. The van der Waals surface area contributed by atoms with Gasteiger partial charge in [0.1, 0.15) is 17.6 Å². The van der Waals surface area contributed by atoms with Gasteiger partial charge >= 0.3 is 0 Å². The molecule has 0 bridgehead atoms. The van der Waals surface area contributed by atoms with E-state index in [0.717, 1.165) is 24.6 Å². The van der Waals surface area contributed by atoms with Crippen molar-refractivity contribution in [3.8, 4) is 11.1 Å². The highest BCUT2D eigenvalue weighted by atomic mass is 32.2. The van der Waals surface area contributed by atoms with Gasteiger partial charge in [0, 0.05) is 50.4 Å². The van der Waals surface area contributed by atoms with Crippen LogP contribution in [0.4, 0.5) is 24.8 Å². The molecular formula is C26H25F3N6OS. The number of rotatable bonds is 8. The molecule has 2 aromatic heterocycles. The first-order valence-electron chi connectivity index (χ1n) is 11.9. The van der Waals surface area contributed by atoms with Gasteiger partial charge < -0.3 is 10.0 Å². The van der Waals surface area contributed by atoms with Crippen molar-refractivity contribution in [3.63, 3.8) is 0 Å². The third-order valence-corrected chi connectivity index (χ3v) is 7.13. The van der Waals surface area contributed by atoms with Gasteiger partial charge in [-0.15, -0.1) is 0 Å². The van der Waals surface area contributed by atoms with Crippen molar-refractivity contribution in [1.29, 1.82) is 0 Å². The van der Waals surface area contributed by atoms with Crippen LogP contribution >= 0.6 is 12.1 Å². The molecule has 37 heavy (non-hydrogen) atoms. The summed E-state index contributed by atoms with van der Waals surface area (Å²) < 4.78 is 49.5. The molecule has 0 radical (unpaired) electrons. The molecule has 1 aliphatic rings. The Labute approximate surface area is 216 Å². The summed E-state index contributed by atoms with van der Waals surface area (Å²) in [4.78, 5) is 21.9. The minimum Gasteiger partial charge on any atom is -0.354 e. The average molecular weight is 527 g/mol. The predicted octanol–water partition coefficient (Wildman–Crippen LogP) is 4.95. The van der Waals surface area contributed by atoms with Crippen molar-refractivity contribution in [2.24, 2.45) is 7.05 Å². The van der Waals surface area contributed by atoms with E-state index in [9.17, 15) is 13.6 Å². The van der Waals surface area contributed by atoms with Gasteiger partial charge in [0.15, 0.2) is 5.82 Å². The second-order valence-electron chi connectivity index (χ2n) is 8.81.